The molecule has 0 aliphatic carbocycles. The molecule has 0 radical (unpaired) electrons. The predicted molar refractivity (Wildman–Crippen MR) is 51.7 cm³/mol. The van der Waals surface area contributed by atoms with Crippen molar-refractivity contribution in [1.82, 2.24) is 0 Å². The molecule has 72 valence electrons. The molecule has 1 aromatic carbocycles. The molecule has 0 unspecified atom stereocenters. The molecule has 2 heteroatoms. The summed E-state index contributed by atoms with van der Waals surface area (Å²) < 4.78 is 17.7. The second-order valence-electron chi connectivity index (χ2n) is 2.98. The Morgan fingerprint density at radius 2 is 2.23 bits per heavy atom. The fourth-order valence-electron chi connectivity index (χ4n) is 1.05. The van der Waals surface area contributed by atoms with Gasteiger partial charge >= 0.3 is 0 Å². The lowest BCUT2D eigenvalue weighted by Crippen LogP contribution is -1.96. The number of halogens is 1. The number of hydrogen-bond acceptors (Lipinski definition) is 1. The quantitative estimate of drug-likeness (QED) is 0.634. The molecule has 0 aromatic heterocycles. The molecule has 0 fully saturated rings. The number of benzene rings is 1. The van der Waals surface area contributed by atoms with Crippen LogP contribution in [0.25, 0.3) is 0 Å². The van der Waals surface area contributed by atoms with E-state index >= 15 is 0 Å². The first-order valence-electron chi connectivity index (χ1n) is 4.64. The largest absolute Gasteiger partial charge is 0.494 e. The van der Waals surface area contributed by atoms with Crippen molar-refractivity contribution in [3.05, 3.63) is 29.8 Å². The van der Waals surface area contributed by atoms with E-state index in [1.807, 2.05) is 12.1 Å². The zero-order valence-corrected chi connectivity index (χ0v) is 7.92. The van der Waals surface area contributed by atoms with Crippen LogP contribution in [0.3, 0.4) is 0 Å². The topological polar surface area (TPSA) is 9.23 Å². The molecule has 0 N–H and O–H groups in total. The minimum atomic E-state index is -0.426. The highest BCUT2D eigenvalue weighted by molar-refractivity contribution is 5.27. The maximum absolute atomic E-state index is 12.2. The SMILES string of the molecule is CCCCOc1cccc(CF)c1. The van der Waals surface area contributed by atoms with E-state index in [9.17, 15) is 4.39 Å². The van der Waals surface area contributed by atoms with E-state index in [2.05, 4.69) is 6.92 Å². The van der Waals surface area contributed by atoms with Gasteiger partial charge in [-0.05, 0) is 24.1 Å². The number of rotatable bonds is 5. The summed E-state index contributed by atoms with van der Waals surface area (Å²) in [5.41, 5.74) is 0.675. The predicted octanol–water partition coefficient (Wildman–Crippen LogP) is 3.34. The van der Waals surface area contributed by atoms with Gasteiger partial charge in [-0.3, -0.25) is 0 Å². The van der Waals surface area contributed by atoms with Crippen molar-refractivity contribution < 1.29 is 9.13 Å². The van der Waals surface area contributed by atoms with E-state index in [0.717, 1.165) is 18.6 Å². The van der Waals surface area contributed by atoms with Crippen LogP contribution in [0.15, 0.2) is 24.3 Å². The Morgan fingerprint density at radius 3 is 2.92 bits per heavy atom. The minimum Gasteiger partial charge on any atom is -0.494 e. The van der Waals surface area contributed by atoms with E-state index < -0.39 is 6.67 Å². The van der Waals surface area contributed by atoms with Crippen molar-refractivity contribution in [3.8, 4) is 5.75 Å². The highest BCUT2D eigenvalue weighted by Crippen LogP contribution is 2.14. The van der Waals surface area contributed by atoms with E-state index in [4.69, 9.17) is 4.74 Å². The van der Waals surface area contributed by atoms with Crippen molar-refractivity contribution in [2.24, 2.45) is 0 Å². The molecule has 1 nitrogen and oxygen atoms in total. The lowest BCUT2D eigenvalue weighted by Gasteiger charge is -2.05. The Labute approximate surface area is 78.5 Å². The molecule has 1 rings (SSSR count). The van der Waals surface area contributed by atoms with Gasteiger partial charge in [-0.1, -0.05) is 25.5 Å². The van der Waals surface area contributed by atoms with Gasteiger partial charge in [-0.2, -0.15) is 0 Å². The molecule has 0 aliphatic rings. The van der Waals surface area contributed by atoms with Crippen LogP contribution in [-0.2, 0) is 6.67 Å². The Balaban J connectivity index is 2.46. The van der Waals surface area contributed by atoms with Crippen LogP contribution in [0.4, 0.5) is 4.39 Å². The second kappa shape index (κ2) is 5.57. The maximum Gasteiger partial charge on any atom is 0.119 e. The van der Waals surface area contributed by atoms with Crippen molar-refractivity contribution in [2.45, 2.75) is 26.4 Å². The third-order valence-electron chi connectivity index (χ3n) is 1.82. The Bertz CT molecular complexity index is 248. The molecule has 0 heterocycles. The summed E-state index contributed by atoms with van der Waals surface area (Å²) in [6, 6.07) is 7.17. The zero-order valence-electron chi connectivity index (χ0n) is 7.92. The maximum atomic E-state index is 12.2. The standard InChI is InChI=1S/C11H15FO/c1-2-3-7-13-11-6-4-5-10(8-11)9-12/h4-6,8H,2-3,7,9H2,1H3. The van der Waals surface area contributed by atoms with Crippen LogP contribution in [0.2, 0.25) is 0 Å². The van der Waals surface area contributed by atoms with Crippen molar-refractivity contribution >= 4 is 0 Å². The van der Waals surface area contributed by atoms with Gasteiger partial charge in [0, 0.05) is 0 Å². The molecule has 0 bridgehead atoms. The van der Waals surface area contributed by atoms with E-state index in [1.165, 1.54) is 0 Å². The average Bonchev–Trinajstić information content (AvgIpc) is 2.19. The van der Waals surface area contributed by atoms with Gasteiger partial charge in [0.1, 0.15) is 12.4 Å². The third kappa shape index (κ3) is 3.45. The summed E-state index contributed by atoms with van der Waals surface area (Å²) in [6.07, 6.45) is 2.16. The summed E-state index contributed by atoms with van der Waals surface area (Å²) in [5.74, 6) is 0.767. The molecule has 1 aromatic rings. The molecule has 0 spiro atoms. The smallest absolute Gasteiger partial charge is 0.119 e. The van der Waals surface area contributed by atoms with Gasteiger partial charge in [-0.15, -0.1) is 0 Å². The number of ether oxygens (including phenoxy) is 1. The van der Waals surface area contributed by atoms with E-state index in [1.54, 1.807) is 12.1 Å². The first kappa shape index (κ1) is 10.0. The van der Waals surface area contributed by atoms with Crippen LogP contribution >= 0.6 is 0 Å². The van der Waals surface area contributed by atoms with Gasteiger partial charge in [0.25, 0.3) is 0 Å². The van der Waals surface area contributed by atoms with E-state index in [0.29, 0.717) is 12.2 Å². The van der Waals surface area contributed by atoms with Crippen molar-refractivity contribution in [2.75, 3.05) is 6.61 Å². The third-order valence-corrected chi connectivity index (χ3v) is 1.82. The number of alkyl halides is 1. The fraction of sp³-hybridized carbons (Fsp3) is 0.455. The number of unbranched alkanes of at least 4 members (excludes halogenated alkanes) is 1. The summed E-state index contributed by atoms with van der Waals surface area (Å²) in [6.45, 7) is 2.40. The van der Waals surface area contributed by atoms with Gasteiger partial charge in [0.15, 0.2) is 0 Å². The Kier molecular flexibility index (Phi) is 4.30. The summed E-state index contributed by atoms with van der Waals surface area (Å²) in [4.78, 5) is 0. The average molecular weight is 182 g/mol. The van der Waals surface area contributed by atoms with Crippen LogP contribution in [0.1, 0.15) is 25.3 Å². The first-order chi connectivity index (χ1) is 6.36. The zero-order chi connectivity index (χ0) is 9.52. The molecule has 0 aliphatic heterocycles. The van der Waals surface area contributed by atoms with Crippen LogP contribution in [0.5, 0.6) is 5.75 Å². The van der Waals surface area contributed by atoms with Crippen molar-refractivity contribution in [1.29, 1.82) is 0 Å². The normalized spacial score (nSPS) is 10.0. The summed E-state index contributed by atoms with van der Waals surface area (Å²) in [5, 5.41) is 0. The Hall–Kier alpha value is -1.05. The van der Waals surface area contributed by atoms with Crippen LogP contribution < -0.4 is 4.74 Å². The molecular formula is C11H15FO. The Morgan fingerprint density at radius 1 is 1.38 bits per heavy atom. The fourth-order valence-corrected chi connectivity index (χ4v) is 1.05. The molecule has 0 amide bonds. The van der Waals surface area contributed by atoms with Gasteiger partial charge in [0.2, 0.25) is 0 Å². The second-order valence-corrected chi connectivity index (χ2v) is 2.98. The first-order valence-corrected chi connectivity index (χ1v) is 4.64. The van der Waals surface area contributed by atoms with Gasteiger partial charge in [-0.25, -0.2) is 4.39 Å². The highest BCUT2D eigenvalue weighted by Gasteiger charge is 1.95. The molecule has 0 atom stereocenters. The van der Waals surface area contributed by atoms with E-state index in [-0.39, 0.29) is 0 Å². The molecule has 0 saturated heterocycles. The van der Waals surface area contributed by atoms with Gasteiger partial charge < -0.3 is 4.74 Å². The van der Waals surface area contributed by atoms with Crippen LogP contribution in [0, 0.1) is 0 Å². The summed E-state index contributed by atoms with van der Waals surface area (Å²) >= 11 is 0. The number of hydrogen-bond donors (Lipinski definition) is 0. The highest BCUT2D eigenvalue weighted by atomic mass is 19.1. The summed E-state index contributed by atoms with van der Waals surface area (Å²) in [7, 11) is 0. The molecule has 13 heavy (non-hydrogen) atoms. The minimum absolute atomic E-state index is 0.426. The van der Waals surface area contributed by atoms with Crippen molar-refractivity contribution in [3.63, 3.8) is 0 Å². The molecule has 0 saturated carbocycles. The molecular weight excluding hydrogens is 167 g/mol. The lowest BCUT2D eigenvalue weighted by atomic mass is 10.2. The lowest BCUT2D eigenvalue weighted by molar-refractivity contribution is 0.308. The van der Waals surface area contributed by atoms with Gasteiger partial charge in [0.05, 0.1) is 6.61 Å². The monoisotopic (exact) mass is 182 g/mol. The van der Waals surface area contributed by atoms with Crippen LogP contribution in [-0.4, -0.2) is 6.61 Å².